The summed E-state index contributed by atoms with van der Waals surface area (Å²) in [5.74, 6) is -1.73. The number of carbonyl (C=O) groups excluding carboxylic acids is 1. The van der Waals surface area contributed by atoms with Crippen molar-refractivity contribution >= 4 is 17.2 Å². The highest BCUT2D eigenvalue weighted by molar-refractivity contribution is 7.09. The second kappa shape index (κ2) is 8.84. The van der Waals surface area contributed by atoms with E-state index in [-0.39, 0.29) is 18.9 Å². The lowest BCUT2D eigenvalue weighted by molar-refractivity contribution is -0.189. The predicted octanol–water partition coefficient (Wildman–Crippen LogP) is 4.06. The summed E-state index contributed by atoms with van der Waals surface area (Å²) in [4.78, 5) is 16.7. The first-order chi connectivity index (χ1) is 12.9. The van der Waals surface area contributed by atoms with Gasteiger partial charge in [-0.1, -0.05) is 43.2 Å². The second-order valence-corrected chi connectivity index (χ2v) is 7.63. The molecular weight excluding hydrogens is 375 g/mol. The molecule has 1 aliphatic rings. The smallest absolute Gasteiger partial charge is 0.342 e. The Labute approximate surface area is 160 Å². The Kier molecular flexibility index (Phi) is 6.49. The number of alkyl halides is 3. The Morgan fingerprint density at radius 1 is 1.22 bits per heavy atom. The van der Waals surface area contributed by atoms with E-state index in [1.54, 1.807) is 6.20 Å². The van der Waals surface area contributed by atoms with E-state index in [1.165, 1.54) is 11.3 Å². The third-order valence-electron chi connectivity index (χ3n) is 4.85. The fourth-order valence-corrected chi connectivity index (χ4v) is 4.23. The van der Waals surface area contributed by atoms with Crippen molar-refractivity contribution < 1.29 is 18.0 Å². The molecule has 1 aromatic carbocycles. The molecule has 3 rings (SSSR count). The predicted molar refractivity (Wildman–Crippen MR) is 98.3 cm³/mol. The lowest BCUT2D eigenvalue weighted by Crippen LogP contribution is -2.48. The van der Waals surface area contributed by atoms with E-state index in [2.05, 4.69) is 15.6 Å². The Bertz CT molecular complexity index is 722. The van der Waals surface area contributed by atoms with Crippen LogP contribution in [0.2, 0.25) is 0 Å². The highest BCUT2D eigenvalue weighted by Crippen LogP contribution is 2.37. The molecule has 27 heavy (non-hydrogen) atoms. The minimum Gasteiger partial charge on any atom is -0.342 e. The van der Waals surface area contributed by atoms with Crippen LogP contribution in [0.5, 0.6) is 0 Å². The topological polar surface area (TPSA) is 54.0 Å². The number of carbonyl (C=O) groups is 1. The number of nitrogens with one attached hydrogen (secondary N) is 2. The van der Waals surface area contributed by atoms with Gasteiger partial charge < -0.3 is 10.6 Å². The van der Waals surface area contributed by atoms with Crippen molar-refractivity contribution in [2.24, 2.45) is 5.92 Å². The van der Waals surface area contributed by atoms with Crippen molar-refractivity contribution in [2.75, 3.05) is 6.54 Å². The molecule has 0 unspecified atom stereocenters. The molecular formula is C19H22F3N3OS. The van der Waals surface area contributed by atoms with E-state index < -0.39 is 24.2 Å². The molecule has 0 spiro atoms. The molecule has 4 nitrogen and oxygen atoms in total. The number of halogens is 3. The molecule has 1 fully saturated rings. The molecule has 0 radical (unpaired) electrons. The molecule has 1 heterocycles. The van der Waals surface area contributed by atoms with Crippen molar-refractivity contribution in [3.05, 3.63) is 52.5 Å². The Hall–Kier alpha value is -1.93. The number of thiazole rings is 1. The van der Waals surface area contributed by atoms with Gasteiger partial charge in [0.15, 0.2) is 0 Å². The molecule has 3 atom stereocenters. The van der Waals surface area contributed by atoms with Gasteiger partial charge in [0.2, 0.25) is 5.91 Å². The molecule has 8 heteroatoms. The zero-order valence-corrected chi connectivity index (χ0v) is 15.5. The Balaban J connectivity index is 1.63. The van der Waals surface area contributed by atoms with E-state index >= 15 is 0 Å². The van der Waals surface area contributed by atoms with E-state index in [0.29, 0.717) is 12.8 Å². The fraction of sp³-hybridized carbons (Fsp3) is 0.474. The number of hydrogen-bond acceptors (Lipinski definition) is 4. The van der Waals surface area contributed by atoms with Crippen LogP contribution >= 0.6 is 11.3 Å². The highest BCUT2D eigenvalue weighted by Gasteiger charge is 2.45. The van der Waals surface area contributed by atoms with E-state index in [4.69, 9.17) is 0 Å². The second-order valence-electron chi connectivity index (χ2n) is 6.70. The Morgan fingerprint density at radius 3 is 2.63 bits per heavy atom. The number of benzene rings is 1. The van der Waals surface area contributed by atoms with Crippen molar-refractivity contribution in [1.29, 1.82) is 0 Å². The van der Waals surface area contributed by atoms with Crippen LogP contribution in [-0.4, -0.2) is 29.7 Å². The van der Waals surface area contributed by atoms with Crippen molar-refractivity contribution in [2.45, 2.75) is 43.9 Å². The van der Waals surface area contributed by atoms with Gasteiger partial charge in [0.05, 0.1) is 12.5 Å². The molecule has 1 aliphatic carbocycles. The molecule has 0 bridgehead atoms. The highest BCUT2D eigenvalue weighted by atomic mass is 32.1. The minimum absolute atomic E-state index is 0.120. The van der Waals surface area contributed by atoms with Crippen LogP contribution in [-0.2, 0) is 4.79 Å². The van der Waals surface area contributed by atoms with Gasteiger partial charge in [-0.25, -0.2) is 4.98 Å². The summed E-state index contributed by atoms with van der Waals surface area (Å²) in [6.07, 6.45) is -0.689. The standard InChI is InChI=1S/C19H22F3N3OS/c20-19(21,22)14-8-4-5-9-15(14)24-12-16(26)25-17(18-23-10-11-27-18)13-6-2-1-3-7-13/h1-3,6-7,10-11,14-15,17,24H,4-5,8-9,12H2,(H,25,26)/t14-,15+,17-/m0/s1. The first-order valence-corrected chi connectivity index (χ1v) is 9.87. The van der Waals surface area contributed by atoms with Gasteiger partial charge in [-0.3, -0.25) is 4.79 Å². The number of nitrogens with zero attached hydrogens (tertiary/aromatic N) is 1. The molecule has 1 aromatic heterocycles. The van der Waals surface area contributed by atoms with Crippen molar-refractivity contribution in [1.82, 2.24) is 15.6 Å². The van der Waals surface area contributed by atoms with Crippen molar-refractivity contribution in [3.63, 3.8) is 0 Å². The molecule has 0 aliphatic heterocycles. The van der Waals surface area contributed by atoms with Gasteiger partial charge in [-0.05, 0) is 18.4 Å². The van der Waals surface area contributed by atoms with E-state index in [9.17, 15) is 18.0 Å². The molecule has 146 valence electrons. The normalized spacial score (nSPS) is 21.6. The van der Waals surface area contributed by atoms with Gasteiger partial charge in [0, 0.05) is 17.6 Å². The lowest BCUT2D eigenvalue weighted by atomic mass is 9.84. The molecule has 0 saturated heterocycles. The van der Waals surface area contributed by atoms with Crippen molar-refractivity contribution in [3.8, 4) is 0 Å². The van der Waals surface area contributed by atoms with Crippen LogP contribution in [0.1, 0.15) is 42.3 Å². The first kappa shape index (κ1) is 19.8. The van der Waals surface area contributed by atoms with E-state index in [0.717, 1.165) is 17.0 Å². The van der Waals surface area contributed by atoms with Crippen LogP contribution in [0.3, 0.4) is 0 Å². The van der Waals surface area contributed by atoms with Crippen LogP contribution in [0.15, 0.2) is 41.9 Å². The summed E-state index contributed by atoms with van der Waals surface area (Å²) in [7, 11) is 0. The van der Waals surface area contributed by atoms with Gasteiger partial charge in [0.25, 0.3) is 0 Å². The largest absolute Gasteiger partial charge is 0.393 e. The summed E-state index contributed by atoms with van der Waals surface area (Å²) in [5.41, 5.74) is 0.881. The quantitative estimate of drug-likeness (QED) is 0.773. The average Bonchev–Trinajstić information content (AvgIpc) is 3.19. The van der Waals surface area contributed by atoms with Gasteiger partial charge in [-0.15, -0.1) is 11.3 Å². The van der Waals surface area contributed by atoms with E-state index in [1.807, 2.05) is 35.7 Å². The SMILES string of the molecule is O=C(CN[C@@H]1CCCC[C@@H]1C(F)(F)F)N[C@@H](c1ccccc1)c1nccs1. The summed E-state index contributed by atoms with van der Waals surface area (Å²) in [6, 6.07) is 8.28. The maximum Gasteiger partial charge on any atom is 0.393 e. The molecule has 1 amide bonds. The van der Waals surface area contributed by atoms with Gasteiger partial charge in [0.1, 0.15) is 11.0 Å². The van der Waals surface area contributed by atoms with Crippen LogP contribution in [0.4, 0.5) is 13.2 Å². The zero-order valence-electron chi connectivity index (χ0n) is 14.7. The molecule has 1 saturated carbocycles. The fourth-order valence-electron chi connectivity index (χ4n) is 3.51. The third kappa shape index (κ3) is 5.29. The minimum atomic E-state index is -4.23. The summed E-state index contributed by atoms with van der Waals surface area (Å²) in [5, 5.41) is 8.29. The summed E-state index contributed by atoms with van der Waals surface area (Å²) >= 11 is 1.42. The van der Waals surface area contributed by atoms with Crippen LogP contribution in [0.25, 0.3) is 0 Å². The van der Waals surface area contributed by atoms with Crippen LogP contribution < -0.4 is 10.6 Å². The number of hydrogen-bond donors (Lipinski definition) is 2. The van der Waals surface area contributed by atoms with Gasteiger partial charge >= 0.3 is 6.18 Å². The monoisotopic (exact) mass is 397 g/mol. The Morgan fingerprint density at radius 2 is 1.96 bits per heavy atom. The number of amides is 1. The lowest BCUT2D eigenvalue weighted by Gasteiger charge is -2.33. The van der Waals surface area contributed by atoms with Crippen LogP contribution in [0, 0.1) is 5.92 Å². The maximum absolute atomic E-state index is 13.2. The number of aromatic nitrogens is 1. The third-order valence-corrected chi connectivity index (χ3v) is 5.69. The molecule has 2 aromatic rings. The first-order valence-electron chi connectivity index (χ1n) is 8.99. The average molecular weight is 397 g/mol. The molecule has 2 N–H and O–H groups in total. The number of rotatable bonds is 6. The zero-order chi connectivity index (χ0) is 19.3. The van der Waals surface area contributed by atoms with Gasteiger partial charge in [-0.2, -0.15) is 13.2 Å². The maximum atomic E-state index is 13.2. The summed E-state index contributed by atoms with van der Waals surface area (Å²) < 4.78 is 39.6. The summed E-state index contributed by atoms with van der Waals surface area (Å²) in [6.45, 7) is -0.147.